The van der Waals surface area contributed by atoms with Crippen molar-refractivity contribution in [3.8, 4) is 11.1 Å². The largest absolute Gasteiger partial charge is 0.345 e. The summed E-state index contributed by atoms with van der Waals surface area (Å²) in [5.41, 5.74) is 2.72. The van der Waals surface area contributed by atoms with E-state index in [0.29, 0.717) is 11.3 Å². The van der Waals surface area contributed by atoms with E-state index < -0.39 is 0 Å². The monoisotopic (exact) mass is 281 g/mol. The first kappa shape index (κ1) is 14.8. The van der Waals surface area contributed by atoms with Gasteiger partial charge in [0.15, 0.2) is 0 Å². The molecule has 2 aromatic rings. The van der Waals surface area contributed by atoms with E-state index in [1.54, 1.807) is 20.2 Å². The first-order chi connectivity index (χ1) is 10.0. The SMILES string of the molecule is CC(=O)Nc1ccccc1-c1ccc[c]c1C(=O)N(C)C. The van der Waals surface area contributed by atoms with E-state index in [-0.39, 0.29) is 11.8 Å². The van der Waals surface area contributed by atoms with Crippen molar-refractivity contribution in [2.24, 2.45) is 0 Å². The molecule has 0 fully saturated rings. The summed E-state index contributed by atoms with van der Waals surface area (Å²) in [6.07, 6.45) is 0. The van der Waals surface area contributed by atoms with E-state index in [1.807, 2.05) is 36.4 Å². The van der Waals surface area contributed by atoms with Gasteiger partial charge in [-0.25, -0.2) is 0 Å². The van der Waals surface area contributed by atoms with Gasteiger partial charge < -0.3 is 10.2 Å². The van der Waals surface area contributed by atoms with Crippen molar-refractivity contribution in [3.63, 3.8) is 0 Å². The van der Waals surface area contributed by atoms with Crippen LogP contribution in [0.15, 0.2) is 42.5 Å². The average Bonchev–Trinajstić information content (AvgIpc) is 2.46. The van der Waals surface area contributed by atoms with Crippen LogP contribution in [0.4, 0.5) is 5.69 Å². The third kappa shape index (κ3) is 3.28. The molecule has 107 valence electrons. The Morgan fingerprint density at radius 2 is 1.71 bits per heavy atom. The van der Waals surface area contributed by atoms with Crippen molar-refractivity contribution < 1.29 is 9.59 Å². The Kier molecular flexibility index (Phi) is 4.38. The molecule has 21 heavy (non-hydrogen) atoms. The molecule has 2 rings (SSSR count). The Balaban J connectivity index is 2.58. The number of anilines is 1. The number of carbonyl (C=O) groups is 2. The number of rotatable bonds is 3. The Hall–Kier alpha value is -2.62. The fraction of sp³-hybridized carbons (Fsp3) is 0.176. The van der Waals surface area contributed by atoms with Gasteiger partial charge in [0.1, 0.15) is 0 Å². The summed E-state index contributed by atoms with van der Waals surface area (Å²) in [4.78, 5) is 25.1. The second-order valence-electron chi connectivity index (χ2n) is 4.89. The summed E-state index contributed by atoms with van der Waals surface area (Å²) in [6.45, 7) is 1.46. The summed E-state index contributed by atoms with van der Waals surface area (Å²) < 4.78 is 0. The van der Waals surface area contributed by atoms with Gasteiger partial charge in [0, 0.05) is 32.3 Å². The first-order valence-corrected chi connectivity index (χ1v) is 6.60. The number of benzene rings is 2. The highest BCUT2D eigenvalue weighted by Crippen LogP contribution is 2.30. The Morgan fingerprint density at radius 3 is 2.38 bits per heavy atom. The van der Waals surface area contributed by atoms with Crippen LogP contribution >= 0.6 is 0 Å². The fourth-order valence-electron chi connectivity index (χ4n) is 2.08. The average molecular weight is 281 g/mol. The van der Waals surface area contributed by atoms with Crippen molar-refractivity contribution in [3.05, 3.63) is 54.1 Å². The van der Waals surface area contributed by atoms with E-state index in [1.165, 1.54) is 11.8 Å². The van der Waals surface area contributed by atoms with Crippen molar-refractivity contribution in [1.29, 1.82) is 0 Å². The lowest BCUT2D eigenvalue weighted by atomic mass is 9.97. The van der Waals surface area contributed by atoms with Crippen molar-refractivity contribution in [1.82, 2.24) is 4.90 Å². The highest BCUT2D eigenvalue weighted by atomic mass is 16.2. The highest BCUT2D eigenvalue weighted by Gasteiger charge is 2.16. The highest BCUT2D eigenvalue weighted by molar-refractivity contribution is 6.03. The van der Waals surface area contributed by atoms with Gasteiger partial charge >= 0.3 is 0 Å². The lowest BCUT2D eigenvalue weighted by molar-refractivity contribution is -0.114. The van der Waals surface area contributed by atoms with Gasteiger partial charge in [-0.3, -0.25) is 9.59 Å². The van der Waals surface area contributed by atoms with Crippen LogP contribution in [0.25, 0.3) is 11.1 Å². The number of para-hydroxylation sites is 1. The van der Waals surface area contributed by atoms with E-state index in [0.717, 1.165) is 11.1 Å². The zero-order valence-electron chi connectivity index (χ0n) is 12.3. The Bertz CT molecular complexity index is 678. The summed E-state index contributed by atoms with van der Waals surface area (Å²) in [6, 6.07) is 15.8. The van der Waals surface area contributed by atoms with Crippen molar-refractivity contribution in [2.75, 3.05) is 19.4 Å². The molecule has 0 aromatic heterocycles. The van der Waals surface area contributed by atoms with Crippen LogP contribution in [0.3, 0.4) is 0 Å². The first-order valence-electron chi connectivity index (χ1n) is 6.60. The van der Waals surface area contributed by atoms with Crippen LogP contribution in [-0.2, 0) is 4.79 Å². The summed E-state index contributed by atoms with van der Waals surface area (Å²) >= 11 is 0. The molecule has 0 aliphatic heterocycles. The molecule has 2 amide bonds. The molecule has 0 unspecified atom stereocenters. The number of amides is 2. The molecule has 0 saturated heterocycles. The topological polar surface area (TPSA) is 49.4 Å². The van der Waals surface area contributed by atoms with Gasteiger partial charge in [0.05, 0.1) is 5.56 Å². The Labute approximate surface area is 124 Å². The fourth-order valence-corrected chi connectivity index (χ4v) is 2.08. The third-order valence-electron chi connectivity index (χ3n) is 3.00. The number of nitrogens with one attached hydrogen (secondary N) is 1. The second-order valence-corrected chi connectivity index (χ2v) is 4.89. The maximum Gasteiger partial charge on any atom is 0.254 e. The standard InChI is InChI=1S/C17H17N2O2/c1-12(20)18-16-11-7-6-9-14(16)13-8-4-5-10-15(13)17(21)19(2)3/h4-9,11H,1-3H3,(H,18,20). The number of hydrogen-bond acceptors (Lipinski definition) is 2. The van der Waals surface area contributed by atoms with Gasteiger partial charge in [-0.05, 0) is 17.7 Å². The minimum atomic E-state index is -0.150. The van der Waals surface area contributed by atoms with Gasteiger partial charge in [-0.1, -0.05) is 36.4 Å². The molecule has 0 aliphatic carbocycles. The van der Waals surface area contributed by atoms with Gasteiger partial charge in [-0.2, -0.15) is 0 Å². The van der Waals surface area contributed by atoms with E-state index in [4.69, 9.17) is 0 Å². The van der Waals surface area contributed by atoms with Crippen LogP contribution in [0.5, 0.6) is 0 Å². The molecule has 1 radical (unpaired) electrons. The minimum Gasteiger partial charge on any atom is -0.345 e. The zero-order chi connectivity index (χ0) is 15.4. The quantitative estimate of drug-likeness (QED) is 0.940. The molecule has 4 nitrogen and oxygen atoms in total. The molecule has 1 N–H and O–H groups in total. The molecule has 0 spiro atoms. The predicted molar refractivity (Wildman–Crippen MR) is 83.0 cm³/mol. The lowest BCUT2D eigenvalue weighted by Gasteiger charge is -2.16. The molecule has 0 aliphatic rings. The van der Waals surface area contributed by atoms with E-state index in [2.05, 4.69) is 11.4 Å². The van der Waals surface area contributed by atoms with Crippen LogP contribution in [-0.4, -0.2) is 30.8 Å². The molecular weight excluding hydrogens is 264 g/mol. The van der Waals surface area contributed by atoms with Gasteiger partial charge in [0.25, 0.3) is 5.91 Å². The molecule has 2 aromatic carbocycles. The molecule has 0 saturated carbocycles. The van der Waals surface area contributed by atoms with E-state index >= 15 is 0 Å². The molecule has 0 atom stereocenters. The normalized spacial score (nSPS) is 10.0. The number of hydrogen-bond donors (Lipinski definition) is 1. The molecule has 4 heteroatoms. The summed E-state index contributed by atoms with van der Waals surface area (Å²) in [5, 5.41) is 2.79. The van der Waals surface area contributed by atoms with Gasteiger partial charge in [-0.15, -0.1) is 0 Å². The van der Waals surface area contributed by atoms with Crippen LogP contribution < -0.4 is 5.32 Å². The zero-order valence-corrected chi connectivity index (χ0v) is 12.3. The van der Waals surface area contributed by atoms with Crippen LogP contribution in [0.1, 0.15) is 17.3 Å². The van der Waals surface area contributed by atoms with E-state index in [9.17, 15) is 9.59 Å². The maximum atomic E-state index is 12.3. The summed E-state index contributed by atoms with van der Waals surface area (Å²) in [7, 11) is 3.40. The minimum absolute atomic E-state index is 0.122. The predicted octanol–water partition coefficient (Wildman–Crippen LogP) is 2.81. The third-order valence-corrected chi connectivity index (χ3v) is 3.00. The van der Waals surface area contributed by atoms with Crippen LogP contribution in [0.2, 0.25) is 0 Å². The second kappa shape index (κ2) is 6.22. The maximum absolute atomic E-state index is 12.3. The number of carbonyl (C=O) groups excluding carboxylic acids is 2. The smallest absolute Gasteiger partial charge is 0.254 e. The van der Waals surface area contributed by atoms with Crippen molar-refractivity contribution >= 4 is 17.5 Å². The van der Waals surface area contributed by atoms with Crippen LogP contribution in [0, 0.1) is 6.07 Å². The molecular formula is C17H17N2O2. The van der Waals surface area contributed by atoms with Gasteiger partial charge in [0.2, 0.25) is 5.91 Å². The molecule has 0 heterocycles. The lowest BCUT2D eigenvalue weighted by Crippen LogP contribution is -2.22. The van der Waals surface area contributed by atoms with Crippen molar-refractivity contribution in [2.45, 2.75) is 6.92 Å². The Morgan fingerprint density at radius 1 is 1.05 bits per heavy atom. The molecule has 0 bridgehead atoms. The number of nitrogens with zero attached hydrogens (tertiary/aromatic N) is 1. The summed E-state index contributed by atoms with van der Waals surface area (Å²) in [5.74, 6) is -0.272.